The standard InChI is InChI=1S/C19H20N2OS2/c1-3-23-19-20-17-16(14-9-4-5-10-15(14)24-17)18(22)21(19)13-8-6-7-12(2)11-13/h6-8,11H,3-5,9-10H2,1-2H3. The van der Waals surface area contributed by atoms with Crippen LogP contribution in [0.5, 0.6) is 0 Å². The van der Waals surface area contributed by atoms with Crippen molar-refractivity contribution in [2.45, 2.75) is 44.7 Å². The molecule has 0 atom stereocenters. The summed E-state index contributed by atoms with van der Waals surface area (Å²) >= 11 is 3.36. The average Bonchev–Trinajstić information content (AvgIpc) is 2.93. The van der Waals surface area contributed by atoms with Crippen molar-refractivity contribution >= 4 is 33.3 Å². The number of aryl methyl sites for hydroxylation is 3. The Morgan fingerprint density at radius 3 is 2.92 bits per heavy atom. The van der Waals surface area contributed by atoms with Gasteiger partial charge < -0.3 is 0 Å². The third kappa shape index (κ3) is 2.60. The van der Waals surface area contributed by atoms with Crippen LogP contribution in [0.15, 0.2) is 34.2 Å². The van der Waals surface area contributed by atoms with Crippen molar-refractivity contribution in [1.82, 2.24) is 9.55 Å². The molecule has 2 heterocycles. The maximum atomic E-state index is 13.4. The van der Waals surface area contributed by atoms with Gasteiger partial charge in [-0.3, -0.25) is 9.36 Å². The van der Waals surface area contributed by atoms with E-state index in [4.69, 9.17) is 4.98 Å². The molecule has 1 aliphatic carbocycles. The van der Waals surface area contributed by atoms with Gasteiger partial charge in [0.25, 0.3) is 5.56 Å². The molecule has 0 N–H and O–H groups in total. The van der Waals surface area contributed by atoms with E-state index in [0.29, 0.717) is 0 Å². The molecular weight excluding hydrogens is 336 g/mol. The zero-order valence-electron chi connectivity index (χ0n) is 14.0. The zero-order chi connectivity index (χ0) is 16.7. The van der Waals surface area contributed by atoms with Gasteiger partial charge in [0.2, 0.25) is 0 Å². The van der Waals surface area contributed by atoms with Gasteiger partial charge in [0.05, 0.1) is 11.1 Å². The van der Waals surface area contributed by atoms with Crippen LogP contribution in [-0.2, 0) is 12.8 Å². The second-order valence-corrected chi connectivity index (χ2v) is 8.51. The van der Waals surface area contributed by atoms with Crippen molar-refractivity contribution in [2.24, 2.45) is 0 Å². The summed E-state index contributed by atoms with van der Waals surface area (Å²) in [5.74, 6) is 0.898. The van der Waals surface area contributed by atoms with Gasteiger partial charge in [0.15, 0.2) is 5.16 Å². The van der Waals surface area contributed by atoms with Crippen LogP contribution in [0.2, 0.25) is 0 Å². The van der Waals surface area contributed by atoms with E-state index >= 15 is 0 Å². The molecule has 0 unspecified atom stereocenters. The van der Waals surface area contributed by atoms with Crippen molar-refractivity contribution in [1.29, 1.82) is 0 Å². The van der Waals surface area contributed by atoms with E-state index < -0.39 is 0 Å². The summed E-state index contributed by atoms with van der Waals surface area (Å²) < 4.78 is 1.81. The fraction of sp³-hybridized carbons (Fsp3) is 0.368. The van der Waals surface area contributed by atoms with Crippen LogP contribution in [0.1, 0.15) is 35.8 Å². The summed E-state index contributed by atoms with van der Waals surface area (Å²) in [6, 6.07) is 8.12. The molecule has 4 rings (SSSR count). The van der Waals surface area contributed by atoms with Gasteiger partial charge in [-0.25, -0.2) is 4.98 Å². The number of thioether (sulfide) groups is 1. The van der Waals surface area contributed by atoms with Gasteiger partial charge >= 0.3 is 0 Å². The summed E-state index contributed by atoms with van der Waals surface area (Å²) in [6.45, 7) is 4.15. The summed E-state index contributed by atoms with van der Waals surface area (Å²) in [4.78, 5) is 20.6. The molecule has 0 bridgehead atoms. The number of thiophene rings is 1. The van der Waals surface area contributed by atoms with Crippen LogP contribution in [0, 0.1) is 6.92 Å². The molecule has 0 aliphatic heterocycles. The van der Waals surface area contributed by atoms with Gasteiger partial charge in [-0.15, -0.1) is 11.3 Å². The average molecular weight is 357 g/mol. The smallest absolute Gasteiger partial charge is 0.267 e. The Bertz CT molecular complexity index is 971. The lowest BCUT2D eigenvalue weighted by atomic mass is 9.97. The highest BCUT2D eigenvalue weighted by molar-refractivity contribution is 7.99. The predicted molar refractivity (Wildman–Crippen MR) is 103 cm³/mol. The maximum absolute atomic E-state index is 13.4. The zero-order valence-corrected chi connectivity index (χ0v) is 15.6. The van der Waals surface area contributed by atoms with Gasteiger partial charge in [-0.05, 0) is 61.6 Å². The molecule has 3 aromatic rings. The van der Waals surface area contributed by atoms with Crippen molar-refractivity contribution in [3.8, 4) is 5.69 Å². The van der Waals surface area contributed by atoms with Crippen LogP contribution in [0.25, 0.3) is 15.9 Å². The van der Waals surface area contributed by atoms with E-state index in [2.05, 4.69) is 26.0 Å². The Labute approximate surface area is 149 Å². The molecule has 3 nitrogen and oxygen atoms in total. The number of fused-ring (bicyclic) bond motifs is 3. The highest BCUT2D eigenvalue weighted by atomic mass is 32.2. The van der Waals surface area contributed by atoms with Crippen LogP contribution < -0.4 is 5.56 Å². The van der Waals surface area contributed by atoms with E-state index in [9.17, 15) is 4.79 Å². The molecule has 2 aromatic heterocycles. The molecule has 0 radical (unpaired) electrons. The molecule has 0 fully saturated rings. The maximum Gasteiger partial charge on any atom is 0.267 e. The Hall–Kier alpha value is -1.59. The molecule has 1 aliphatic rings. The van der Waals surface area contributed by atoms with Crippen molar-refractivity contribution in [2.75, 3.05) is 5.75 Å². The van der Waals surface area contributed by atoms with Crippen LogP contribution in [0.4, 0.5) is 0 Å². The molecule has 0 saturated carbocycles. The number of aromatic nitrogens is 2. The Morgan fingerprint density at radius 1 is 1.29 bits per heavy atom. The van der Waals surface area contributed by atoms with Gasteiger partial charge in [-0.2, -0.15) is 0 Å². The Balaban J connectivity index is 2.05. The third-order valence-corrected chi connectivity index (χ3v) is 6.50. The first kappa shape index (κ1) is 15.9. The first-order valence-corrected chi connectivity index (χ1v) is 10.3. The fourth-order valence-electron chi connectivity index (χ4n) is 3.41. The van der Waals surface area contributed by atoms with Crippen LogP contribution in [0.3, 0.4) is 0 Å². The molecule has 0 saturated heterocycles. The third-order valence-electron chi connectivity index (χ3n) is 4.49. The first-order valence-electron chi connectivity index (χ1n) is 8.46. The van der Waals surface area contributed by atoms with Crippen LogP contribution in [-0.4, -0.2) is 15.3 Å². The lowest BCUT2D eigenvalue weighted by Crippen LogP contribution is -2.22. The SMILES string of the molecule is CCSc1nc2sc3c(c2c(=O)n1-c1cccc(C)c1)CCCC3. The minimum absolute atomic E-state index is 0.0981. The predicted octanol–water partition coefficient (Wildman–Crippen LogP) is 4.75. The molecular formula is C19H20N2OS2. The molecule has 24 heavy (non-hydrogen) atoms. The van der Waals surface area contributed by atoms with E-state index in [1.807, 2.05) is 16.7 Å². The molecule has 0 amide bonds. The Morgan fingerprint density at radius 2 is 2.12 bits per heavy atom. The van der Waals surface area contributed by atoms with Gasteiger partial charge in [0, 0.05) is 4.88 Å². The number of benzene rings is 1. The summed E-state index contributed by atoms with van der Waals surface area (Å²) in [5.41, 5.74) is 3.43. The highest BCUT2D eigenvalue weighted by Gasteiger charge is 2.22. The highest BCUT2D eigenvalue weighted by Crippen LogP contribution is 2.35. The van der Waals surface area contributed by atoms with E-state index in [0.717, 1.165) is 45.2 Å². The van der Waals surface area contributed by atoms with E-state index in [1.165, 1.54) is 23.3 Å². The molecule has 0 spiro atoms. The number of rotatable bonds is 3. The first-order chi connectivity index (χ1) is 11.7. The lowest BCUT2D eigenvalue weighted by Gasteiger charge is -2.13. The van der Waals surface area contributed by atoms with E-state index in [1.54, 1.807) is 23.1 Å². The minimum atomic E-state index is 0.0981. The topological polar surface area (TPSA) is 34.9 Å². The molecule has 124 valence electrons. The monoisotopic (exact) mass is 356 g/mol. The van der Waals surface area contributed by atoms with Crippen molar-refractivity contribution in [3.05, 3.63) is 50.6 Å². The molecule has 5 heteroatoms. The second-order valence-electron chi connectivity index (χ2n) is 6.20. The number of hydrogen-bond acceptors (Lipinski definition) is 4. The fourth-order valence-corrected chi connectivity index (χ4v) is 5.45. The van der Waals surface area contributed by atoms with Gasteiger partial charge in [-0.1, -0.05) is 30.8 Å². The second kappa shape index (κ2) is 6.37. The summed E-state index contributed by atoms with van der Waals surface area (Å²) in [6.07, 6.45) is 4.51. The Kier molecular flexibility index (Phi) is 4.22. The summed E-state index contributed by atoms with van der Waals surface area (Å²) in [5, 5.41) is 1.66. The molecule has 1 aromatic carbocycles. The minimum Gasteiger partial charge on any atom is -0.268 e. The lowest BCUT2D eigenvalue weighted by molar-refractivity contribution is 0.699. The summed E-state index contributed by atoms with van der Waals surface area (Å²) in [7, 11) is 0. The number of nitrogens with zero attached hydrogens (tertiary/aromatic N) is 2. The largest absolute Gasteiger partial charge is 0.268 e. The van der Waals surface area contributed by atoms with Crippen LogP contribution >= 0.6 is 23.1 Å². The normalized spacial score (nSPS) is 14.1. The number of hydrogen-bond donors (Lipinski definition) is 0. The van der Waals surface area contributed by atoms with Crippen molar-refractivity contribution in [3.63, 3.8) is 0 Å². The van der Waals surface area contributed by atoms with Gasteiger partial charge in [0.1, 0.15) is 4.83 Å². The van der Waals surface area contributed by atoms with E-state index in [-0.39, 0.29) is 5.56 Å². The van der Waals surface area contributed by atoms with Crippen molar-refractivity contribution < 1.29 is 0 Å². The quantitative estimate of drug-likeness (QED) is 0.502.